The Morgan fingerprint density at radius 3 is 2.04 bits per heavy atom. The number of carbonyl (C=O) groups is 1. The summed E-state index contributed by atoms with van der Waals surface area (Å²) in [6.45, 7) is 6.42. The molecule has 3 heteroatoms. The van der Waals surface area contributed by atoms with Gasteiger partial charge in [0.25, 0.3) is 5.91 Å². The SMILES string of the molecule is Cc1cccc(OC(C)C(=O)NCC(C)(c2ccccc2)c2ccccc2)c1. The second-order valence-electron chi connectivity index (χ2n) is 7.36. The van der Waals surface area contributed by atoms with Crippen molar-refractivity contribution < 1.29 is 9.53 Å². The van der Waals surface area contributed by atoms with E-state index < -0.39 is 6.10 Å². The number of nitrogens with one attached hydrogen (secondary N) is 1. The lowest BCUT2D eigenvalue weighted by atomic mass is 9.76. The number of ether oxygens (including phenoxy) is 1. The monoisotopic (exact) mass is 373 g/mol. The van der Waals surface area contributed by atoms with Gasteiger partial charge in [0.05, 0.1) is 0 Å². The van der Waals surface area contributed by atoms with Crippen LogP contribution in [0.15, 0.2) is 84.9 Å². The Kier molecular flexibility index (Phi) is 6.15. The normalized spacial score (nSPS) is 12.2. The molecule has 0 radical (unpaired) electrons. The molecule has 0 bridgehead atoms. The fourth-order valence-corrected chi connectivity index (χ4v) is 3.34. The Balaban J connectivity index is 1.74. The molecule has 0 aliphatic heterocycles. The average Bonchev–Trinajstić information content (AvgIpc) is 2.73. The smallest absolute Gasteiger partial charge is 0.260 e. The summed E-state index contributed by atoms with van der Waals surface area (Å²) in [4.78, 5) is 12.7. The molecule has 1 unspecified atom stereocenters. The molecule has 1 amide bonds. The zero-order valence-corrected chi connectivity index (χ0v) is 16.7. The lowest BCUT2D eigenvalue weighted by Gasteiger charge is -2.32. The van der Waals surface area contributed by atoms with E-state index in [4.69, 9.17) is 4.74 Å². The first-order valence-corrected chi connectivity index (χ1v) is 9.61. The maximum absolute atomic E-state index is 12.7. The summed E-state index contributed by atoms with van der Waals surface area (Å²) in [5.41, 5.74) is 3.09. The van der Waals surface area contributed by atoms with Crippen molar-refractivity contribution in [1.29, 1.82) is 0 Å². The van der Waals surface area contributed by atoms with E-state index >= 15 is 0 Å². The van der Waals surface area contributed by atoms with Crippen molar-refractivity contribution in [2.45, 2.75) is 32.3 Å². The van der Waals surface area contributed by atoms with Gasteiger partial charge in [0.2, 0.25) is 0 Å². The first-order chi connectivity index (χ1) is 13.5. The van der Waals surface area contributed by atoms with Gasteiger partial charge in [-0.15, -0.1) is 0 Å². The van der Waals surface area contributed by atoms with E-state index in [0.29, 0.717) is 12.3 Å². The van der Waals surface area contributed by atoms with Crippen molar-refractivity contribution in [2.24, 2.45) is 0 Å². The molecule has 3 nitrogen and oxygen atoms in total. The zero-order chi connectivity index (χ0) is 20.0. The van der Waals surface area contributed by atoms with Gasteiger partial charge in [-0.25, -0.2) is 0 Å². The molecule has 0 fully saturated rings. The molecule has 0 spiro atoms. The van der Waals surface area contributed by atoms with Crippen molar-refractivity contribution in [1.82, 2.24) is 5.32 Å². The van der Waals surface area contributed by atoms with Crippen molar-refractivity contribution in [3.63, 3.8) is 0 Å². The van der Waals surface area contributed by atoms with E-state index in [1.54, 1.807) is 6.92 Å². The quantitative estimate of drug-likeness (QED) is 0.641. The van der Waals surface area contributed by atoms with Crippen LogP contribution in [0.3, 0.4) is 0 Å². The molecular weight excluding hydrogens is 346 g/mol. The van der Waals surface area contributed by atoms with Crippen LogP contribution in [0, 0.1) is 6.92 Å². The van der Waals surface area contributed by atoms with Gasteiger partial charge in [0, 0.05) is 12.0 Å². The summed E-state index contributed by atoms with van der Waals surface area (Å²) in [5.74, 6) is 0.580. The Morgan fingerprint density at radius 2 is 1.50 bits per heavy atom. The lowest BCUT2D eigenvalue weighted by Crippen LogP contribution is -2.44. The number of hydrogen-bond acceptors (Lipinski definition) is 2. The highest BCUT2D eigenvalue weighted by atomic mass is 16.5. The molecule has 0 saturated heterocycles. The highest BCUT2D eigenvalue weighted by molar-refractivity contribution is 5.81. The molecule has 28 heavy (non-hydrogen) atoms. The Hall–Kier alpha value is -3.07. The molecule has 3 aromatic carbocycles. The van der Waals surface area contributed by atoms with Crippen molar-refractivity contribution in [2.75, 3.05) is 6.54 Å². The van der Waals surface area contributed by atoms with E-state index in [-0.39, 0.29) is 11.3 Å². The minimum Gasteiger partial charge on any atom is -0.481 e. The molecule has 0 aromatic heterocycles. The molecule has 0 saturated carbocycles. The number of aryl methyl sites for hydroxylation is 1. The standard InChI is InChI=1S/C25H27NO2/c1-19-11-10-16-23(17-19)28-20(2)24(27)26-18-25(3,21-12-6-4-7-13-21)22-14-8-5-9-15-22/h4-17,20H,18H2,1-3H3,(H,26,27). The van der Waals surface area contributed by atoms with Crippen LogP contribution in [0.1, 0.15) is 30.5 Å². The van der Waals surface area contributed by atoms with E-state index in [9.17, 15) is 4.79 Å². The summed E-state index contributed by atoms with van der Waals surface area (Å²) in [5, 5.41) is 3.09. The summed E-state index contributed by atoms with van der Waals surface area (Å²) in [7, 11) is 0. The van der Waals surface area contributed by atoms with Gasteiger partial charge in [-0.1, -0.05) is 72.8 Å². The van der Waals surface area contributed by atoms with Crippen molar-refractivity contribution in [3.8, 4) is 5.75 Å². The summed E-state index contributed by atoms with van der Waals surface area (Å²) >= 11 is 0. The van der Waals surface area contributed by atoms with E-state index in [0.717, 1.165) is 16.7 Å². The van der Waals surface area contributed by atoms with Gasteiger partial charge in [0.1, 0.15) is 5.75 Å². The summed E-state index contributed by atoms with van der Waals surface area (Å²) < 4.78 is 5.82. The molecule has 3 aromatic rings. The third kappa shape index (κ3) is 4.61. The predicted molar refractivity (Wildman–Crippen MR) is 114 cm³/mol. The van der Waals surface area contributed by atoms with Gasteiger partial charge in [-0.2, -0.15) is 0 Å². The fraction of sp³-hybridized carbons (Fsp3) is 0.240. The maximum atomic E-state index is 12.7. The first-order valence-electron chi connectivity index (χ1n) is 9.61. The topological polar surface area (TPSA) is 38.3 Å². The van der Waals surface area contributed by atoms with E-state index in [2.05, 4.69) is 36.5 Å². The van der Waals surface area contributed by atoms with Gasteiger partial charge in [-0.05, 0) is 49.6 Å². The number of benzene rings is 3. The Labute approximate surface area is 167 Å². The second-order valence-corrected chi connectivity index (χ2v) is 7.36. The number of hydrogen-bond donors (Lipinski definition) is 1. The van der Waals surface area contributed by atoms with Crippen LogP contribution >= 0.6 is 0 Å². The molecule has 0 aliphatic rings. The Morgan fingerprint density at radius 1 is 0.929 bits per heavy atom. The van der Waals surface area contributed by atoms with Crippen LogP contribution in [0.4, 0.5) is 0 Å². The Bertz CT molecular complexity index is 867. The van der Waals surface area contributed by atoms with Crippen molar-refractivity contribution in [3.05, 3.63) is 102 Å². The predicted octanol–water partition coefficient (Wildman–Crippen LogP) is 4.88. The fourth-order valence-electron chi connectivity index (χ4n) is 3.34. The molecule has 1 atom stereocenters. The van der Waals surface area contributed by atoms with Gasteiger partial charge < -0.3 is 10.1 Å². The van der Waals surface area contributed by atoms with E-state index in [1.807, 2.05) is 67.6 Å². The minimum atomic E-state index is -0.572. The first kappa shape index (κ1) is 19.7. The van der Waals surface area contributed by atoms with Crippen LogP contribution in [0.2, 0.25) is 0 Å². The van der Waals surface area contributed by atoms with Crippen LogP contribution in [0.5, 0.6) is 5.75 Å². The third-order valence-electron chi connectivity index (χ3n) is 5.11. The average molecular weight is 373 g/mol. The van der Waals surface area contributed by atoms with Crippen LogP contribution in [-0.2, 0) is 10.2 Å². The van der Waals surface area contributed by atoms with Gasteiger partial charge >= 0.3 is 0 Å². The number of carbonyl (C=O) groups excluding carboxylic acids is 1. The van der Waals surface area contributed by atoms with Crippen molar-refractivity contribution >= 4 is 5.91 Å². The van der Waals surface area contributed by atoms with Crippen LogP contribution < -0.4 is 10.1 Å². The maximum Gasteiger partial charge on any atom is 0.260 e. The van der Waals surface area contributed by atoms with E-state index in [1.165, 1.54) is 0 Å². The molecule has 1 N–H and O–H groups in total. The molecular formula is C25H27NO2. The van der Waals surface area contributed by atoms with Gasteiger partial charge in [0.15, 0.2) is 6.10 Å². The molecule has 0 aliphatic carbocycles. The third-order valence-corrected chi connectivity index (χ3v) is 5.11. The summed E-state index contributed by atoms with van der Waals surface area (Å²) in [6, 6.07) is 28.3. The van der Waals surface area contributed by atoms with Gasteiger partial charge in [-0.3, -0.25) is 4.79 Å². The largest absolute Gasteiger partial charge is 0.481 e. The van der Waals surface area contributed by atoms with Crippen LogP contribution in [-0.4, -0.2) is 18.6 Å². The minimum absolute atomic E-state index is 0.125. The lowest BCUT2D eigenvalue weighted by molar-refractivity contribution is -0.127. The highest BCUT2D eigenvalue weighted by Gasteiger charge is 2.30. The molecule has 3 rings (SSSR count). The van der Waals surface area contributed by atoms with Crippen LogP contribution in [0.25, 0.3) is 0 Å². The zero-order valence-electron chi connectivity index (χ0n) is 16.7. The highest BCUT2D eigenvalue weighted by Crippen LogP contribution is 2.31. The second kappa shape index (κ2) is 8.75. The number of rotatable bonds is 7. The summed E-state index contributed by atoms with van der Waals surface area (Å²) in [6.07, 6.45) is -0.572. The molecule has 0 heterocycles. The number of amides is 1. The molecule has 144 valence electrons.